The van der Waals surface area contributed by atoms with Crippen LogP contribution in [-0.4, -0.2) is 17.1 Å². The van der Waals surface area contributed by atoms with E-state index in [9.17, 15) is 18.4 Å². The number of nitrogens with zero attached hydrogens (tertiary/aromatic N) is 3. The van der Waals surface area contributed by atoms with Crippen LogP contribution in [-0.2, 0) is 6.18 Å². The summed E-state index contributed by atoms with van der Waals surface area (Å²) >= 11 is 3.11. The van der Waals surface area contributed by atoms with Gasteiger partial charge in [0, 0.05) is 0 Å². The minimum atomic E-state index is -4.70. The lowest BCUT2D eigenvalue weighted by Gasteiger charge is -2.18. The summed E-state index contributed by atoms with van der Waals surface area (Å²) in [5.41, 5.74) is 8.90. The normalized spacial score (nSPS) is 11.1. The molecule has 23 heavy (non-hydrogen) atoms. The first-order valence-corrected chi connectivity index (χ1v) is 6.77. The number of nitriles is 1. The van der Waals surface area contributed by atoms with Gasteiger partial charge in [-0.15, -0.1) is 0 Å². The molecule has 0 radical (unpaired) electrons. The third kappa shape index (κ3) is 3.00. The standard InChI is InChI=1S/C13H9BrF3N5O/c1-23-10-7(14)3-2-6(13(15,16)17)8(10)9-5(4-18)11(19)22-12(20)21-9/h2-3H,1H3,(H4,19,20,21,22). The van der Waals surface area contributed by atoms with Crippen molar-refractivity contribution in [1.29, 1.82) is 5.26 Å². The molecule has 0 aliphatic heterocycles. The maximum Gasteiger partial charge on any atom is 0.417 e. The van der Waals surface area contributed by atoms with Crippen molar-refractivity contribution in [2.24, 2.45) is 0 Å². The van der Waals surface area contributed by atoms with Gasteiger partial charge in [-0.25, -0.2) is 4.98 Å². The zero-order valence-electron chi connectivity index (χ0n) is 11.6. The number of aromatic nitrogens is 2. The van der Waals surface area contributed by atoms with E-state index in [1.54, 1.807) is 6.07 Å². The Morgan fingerprint density at radius 3 is 2.43 bits per heavy atom. The Hall–Kier alpha value is -2.54. The van der Waals surface area contributed by atoms with Gasteiger partial charge in [-0.05, 0) is 28.1 Å². The van der Waals surface area contributed by atoms with Crippen molar-refractivity contribution < 1.29 is 17.9 Å². The van der Waals surface area contributed by atoms with Gasteiger partial charge in [-0.1, -0.05) is 0 Å². The fraction of sp³-hybridized carbons (Fsp3) is 0.154. The Morgan fingerprint density at radius 1 is 1.26 bits per heavy atom. The SMILES string of the molecule is COc1c(Br)ccc(C(F)(F)F)c1-c1nc(N)nc(N)c1C#N. The average molecular weight is 388 g/mol. The van der Waals surface area contributed by atoms with E-state index in [4.69, 9.17) is 16.2 Å². The van der Waals surface area contributed by atoms with Crippen LogP contribution in [0.5, 0.6) is 5.75 Å². The molecule has 0 aliphatic carbocycles. The van der Waals surface area contributed by atoms with Crippen molar-refractivity contribution in [3.63, 3.8) is 0 Å². The van der Waals surface area contributed by atoms with Crippen LogP contribution in [0.3, 0.4) is 0 Å². The van der Waals surface area contributed by atoms with Gasteiger partial charge in [0.15, 0.2) is 0 Å². The van der Waals surface area contributed by atoms with Crippen LogP contribution in [0.4, 0.5) is 24.9 Å². The highest BCUT2D eigenvalue weighted by atomic mass is 79.9. The third-order valence-electron chi connectivity index (χ3n) is 2.92. The van der Waals surface area contributed by atoms with Crippen molar-refractivity contribution in [3.8, 4) is 23.1 Å². The first kappa shape index (κ1) is 16.8. The summed E-state index contributed by atoms with van der Waals surface area (Å²) in [6.45, 7) is 0. The fourth-order valence-corrected chi connectivity index (χ4v) is 2.51. The van der Waals surface area contributed by atoms with Crippen LogP contribution in [0.1, 0.15) is 11.1 Å². The predicted molar refractivity (Wildman–Crippen MR) is 80.3 cm³/mol. The molecule has 1 aromatic heterocycles. The molecule has 2 rings (SSSR count). The molecule has 120 valence electrons. The highest BCUT2D eigenvalue weighted by molar-refractivity contribution is 9.10. The molecule has 2 aromatic rings. The molecule has 0 aliphatic rings. The fourth-order valence-electron chi connectivity index (χ4n) is 2.02. The Balaban J connectivity index is 2.99. The number of hydrogen-bond acceptors (Lipinski definition) is 6. The van der Waals surface area contributed by atoms with Gasteiger partial charge in [0.1, 0.15) is 28.9 Å². The number of methoxy groups -OCH3 is 1. The number of rotatable bonds is 2. The monoisotopic (exact) mass is 387 g/mol. The summed E-state index contributed by atoms with van der Waals surface area (Å²) in [4.78, 5) is 7.35. The van der Waals surface area contributed by atoms with Crippen LogP contribution in [0.25, 0.3) is 11.3 Å². The van der Waals surface area contributed by atoms with E-state index in [1.807, 2.05) is 0 Å². The summed E-state index contributed by atoms with van der Waals surface area (Å²) in [6.07, 6.45) is -4.70. The van der Waals surface area contributed by atoms with E-state index in [1.165, 1.54) is 13.2 Å². The van der Waals surface area contributed by atoms with Gasteiger partial charge in [-0.3, -0.25) is 0 Å². The molecular formula is C13H9BrF3N5O. The summed E-state index contributed by atoms with van der Waals surface area (Å²) in [5, 5.41) is 9.19. The van der Waals surface area contributed by atoms with Crippen molar-refractivity contribution in [1.82, 2.24) is 9.97 Å². The summed E-state index contributed by atoms with van der Waals surface area (Å²) in [6, 6.07) is 3.73. The molecule has 1 aromatic carbocycles. The Kier molecular flexibility index (Phi) is 4.33. The number of nitrogens with two attached hydrogens (primary N) is 2. The molecule has 0 unspecified atom stereocenters. The number of ether oxygens (including phenoxy) is 1. The van der Waals surface area contributed by atoms with E-state index in [-0.39, 0.29) is 33.2 Å². The number of benzene rings is 1. The zero-order valence-corrected chi connectivity index (χ0v) is 13.2. The van der Waals surface area contributed by atoms with Gasteiger partial charge >= 0.3 is 6.18 Å². The number of nitrogen functional groups attached to an aromatic ring is 2. The molecule has 10 heteroatoms. The molecule has 4 N–H and O–H groups in total. The maximum absolute atomic E-state index is 13.4. The Morgan fingerprint density at radius 2 is 1.91 bits per heavy atom. The van der Waals surface area contributed by atoms with E-state index < -0.39 is 17.3 Å². The van der Waals surface area contributed by atoms with Gasteiger partial charge in [0.05, 0.1) is 22.7 Å². The smallest absolute Gasteiger partial charge is 0.417 e. The lowest BCUT2D eigenvalue weighted by Crippen LogP contribution is -2.12. The molecule has 6 nitrogen and oxygen atoms in total. The highest BCUT2D eigenvalue weighted by Gasteiger charge is 2.37. The quantitative estimate of drug-likeness (QED) is 0.819. The molecule has 1 heterocycles. The minimum absolute atomic E-state index is 0.145. The molecule has 0 saturated heterocycles. The van der Waals surface area contributed by atoms with Crippen LogP contribution < -0.4 is 16.2 Å². The Bertz CT molecular complexity index is 817. The van der Waals surface area contributed by atoms with Crippen LogP contribution >= 0.6 is 15.9 Å². The summed E-state index contributed by atoms with van der Waals surface area (Å²) in [5.74, 6) is -0.814. The van der Waals surface area contributed by atoms with E-state index in [2.05, 4.69) is 25.9 Å². The average Bonchev–Trinajstić information content (AvgIpc) is 2.44. The second-order valence-electron chi connectivity index (χ2n) is 4.30. The maximum atomic E-state index is 13.4. The first-order chi connectivity index (χ1) is 10.7. The van der Waals surface area contributed by atoms with Crippen LogP contribution in [0, 0.1) is 11.3 Å². The van der Waals surface area contributed by atoms with Crippen molar-refractivity contribution >= 4 is 27.7 Å². The number of alkyl halides is 3. The van der Waals surface area contributed by atoms with E-state index >= 15 is 0 Å². The lowest BCUT2D eigenvalue weighted by atomic mass is 9.99. The third-order valence-corrected chi connectivity index (χ3v) is 3.55. The van der Waals surface area contributed by atoms with E-state index in [0.717, 1.165) is 6.07 Å². The minimum Gasteiger partial charge on any atom is -0.495 e. The van der Waals surface area contributed by atoms with Gasteiger partial charge in [-0.2, -0.15) is 23.4 Å². The van der Waals surface area contributed by atoms with E-state index in [0.29, 0.717) is 0 Å². The number of halogens is 4. The first-order valence-electron chi connectivity index (χ1n) is 5.97. The predicted octanol–water partition coefficient (Wildman–Crippen LogP) is 2.97. The largest absolute Gasteiger partial charge is 0.495 e. The van der Waals surface area contributed by atoms with Crippen molar-refractivity contribution in [3.05, 3.63) is 27.7 Å². The lowest BCUT2D eigenvalue weighted by molar-refractivity contribution is -0.137. The molecule has 0 saturated carbocycles. The summed E-state index contributed by atoms with van der Waals surface area (Å²) < 4.78 is 45.4. The van der Waals surface area contributed by atoms with Crippen molar-refractivity contribution in [2.75, 3.05) is 18.6 Å². The highest BCUT2D eigenvalue weighted by Crippen LogP contribution is 2.46. The van der Waals surface area contributed by atoms with Gasteiger partial charge in [0.25, 0.3) is 0 Å². The summed E-state index contributed by atoms with van der Waals surface area (Å²) in [7, 11) is 1.20. The second kappa shape index (κ2) is 5.92. The van der Waals surface area contributed by atoms with Gasteiger partial charge < -0.3 is 16.2 Å². The molecule has 0 amide bonds. The molecule has 0 spiro atoms. The topological polar surface area (TPSA) is 111 Å². The molecule has 0 bridgehead atoms. The zero-order chi connectivity index (χ0) is 17.4. The molecule has 0 fully saturated rings. The molecule has 0 atom stereocenters. The van der Waals surface area contributed by atoms with Crippen LogP contribution in [0.15, 0.2) is 16.6 Å². The second-order valence-corrected chi connectivity index (χ2v) is 5.16. The molecular weight excluding hydrogens is 379 g/mol. The van der Waals surface area contributed by atoms with Crippen molar-refractivity contribution in [2.45, 2.75) is 6.18 Å². The van der Waals surface area contributed by atoms with Gasteiger partial charge in [0.2, 0.25) is 5.95 Å². The van der Waals surface area contributed by atoms with Crippen LogP contribution in [0.2, 0.25) is 0 Å². The number of hydrogen-bond donors (Lipinski definition) is 2. The number of anilines is 2. The Labute approximate surface area is 137 Å².